The van der Waals surface area contributed by atoms with Crippen LogP contribution in [-0.4, -0.2) is 33.5 Å². The number of hydrogen-bond acceptors (Lipinski definition) is 6. The molecule has 5 nitrogen and oxygen atoms in total. The molecule has 0 bridgehead atoms. The number of nitrogens with one attached hydrogen (secondary N) is 1. The van der Waals surface area contributed by atoms with E-state index in [-0.39, 0.29) is 0 Å². The average molecular weight is 291 g/mol. The predicted molar refractivity (Wildman–Crippen MR) is 81.9 cm³/mol. The van der Waals surface area contributed by atoms with E-state index in [1.54, 1.807) is 11.3 Å². The third-order valence-corrected chi connectivity index (χ3v) is 4.04. The van der Waals surface area contributed by atoms with Crippen molar-refractivity contribution in [3.8, 4) is 10.6 Å². The lowest BCUT2D eigenvalue weighted by atomic mass is 10.1. The molecule has 2 heterocycles. The standard InChI is InChI=1S/C14H21N5S/c1-4-12-11(9-10(3)16-17-12)14-19-18-13(20-14)7-6-8-15-5-2/h9,15H,4-8H2,1-3H3. The van der Waals surface area contributed by atoms with E-state index >= 15 is 0 Å². The Balaban J connectivity index is 2.10. The molecule has 6 heteroatoms. The van der Waals surface area contributed by atoms with Crippen LogP contribution in [0.5, 0.6) is 0 Å². The second-order valence-electron chi connectivity index (χ2n) is 4.66. The maximum atomic E-state index is 4.32. The van der Waals surface area contributed by atoms with Gasteiger partial charge in [-0.2, -0.15) is 10.2 Å². The zero-order valence-electron chi connectivity index (χ0n) is 12.3. The van der Waals surface area contributed by atoms with Gasteiger partial charge >= 0.3 is 0 Å². The molecule has 108 valence electrons. The predicted octanol–water partition coefficient (Wildman–Crippen LogP) is 2.41. The molecular weight excluding hydrogens is 270 g/mol. The fourth-order valence-corrected chi connectivity index (χ4v) is 2.88. The Morgan fingerprint density at radius 1 is 1.15 bits per heavy atom. The Morgan fingerprint density at radius 3 is 2.75 bits per heavy atom. The molecule has 1 N–H and O–H groups in total. The quantitative estimate of drug-likeness (QED) is 0.794. The number of nitrogens with zero attached hydrogens (tertiary/aromatic N) is 4. The van der Waals surface area contributed by atoms with Crippen molar-refractivity contribution in [2.45, 2.75) is 40.0 Å². The summed E-state index contributed by atoms with van der Waals surface area (Å²) in [7, 11) is 0. The third-order valence-electron chi connectivity index (χ3n) is 3.02. The molecule has 0 aromatic carbocycles. The Kier molecular flexibility index (Phi) is 5.55. The lowest BCUT2D eigenvalue weighted by Gasteiger charge is -2.02. The second-order valence-corrected chi connectivity index (χ2v) is 5.72. The first-order valence-corrected chi connectivity index (χ1v) is 7.92. The van der Waals surface area contributed by atoms with Crippen LogP contribution in [0.4, 0.5) is 0 Å². The van der Waals surface area contributed by atoms with Crippen LogP contribution in [0.1, 0.15) is 36.7 Å². The van der Waals surface area contributed by atoms with Gasteiger partial charge in [-0.1, -0.05) is 25.2 Å². The molecular formula is C14H21N5S. The van der Waals surface area contributed by atoms with E-state index in [0.29, 0.717) is 0 Å². The maximum absolute atomic E-state index is 4.32. The molecule has 0 unspecified atom stereocenters. The highest BCUT2D eigenvalue weighted by Crippen LogP contribution is 2.26. The SMILES string of the molecule is CCNCCCc1nnc(-c2cc(C)nnc2CC)s1. The second kappa shape index (κ2) is 7.40. The highest BCUT2D eigenvalue weighted by molar-refractivity contribution is 7.14. The summed E-state index contributed by atoms with van der Waals surface area (Å²) in [5.41, 5.74) is 2.99. The van der Waals surface area contributed by atoms with Gasteiger partial charge in [0, 0.05) is 12.0 Å². The number of aryl methyl sites for hydroxylation is 3. The van der Waals surface area contributed by atoms with Gasteiger partial charge in [-0.05, 0) is 38.9 Å². The van der Waals surface area contributed by atoms with Crippen LogP contribution in [0.15, 0.2) is 6.07 Å². The van der Waals surface area contributed by atoms with Gasteiger partial charge in [-0.25, -0.2) is 0 Å². The highest BCUT2D eigenvalue weighted by Gasteiger charge is 2.12. The van der Waals surface area contributed by atoms with Gasteiger partial charge in [0.15, 0.2) is 0 Å². The van der Waals surface area contributed by atoms with Crippen LogP contribution >= 0.6 is 11.3 Å². The van der Waals surface area contributed by atoms with Crippen LogP contribution in [0.2, 0.25) is 0 Å². The first-order chi connectivity index (χ1) is 9.74. The number of aromatic nitrogens is 4. The van der Waals surface area contributed by atoms with Crippen LogP contribution < -0.4 is 5.32 Å². The van der Waals surface area contributed by atoms with Crippen molar-refractivity contribution in [3.63, 3.8) is 0 Å². The molecule has 0 aliphatic carbocycles. The van der Waals surface area contributed by atoms with Crippen LogP contribution in [0.25, 0.3) is 10.6 Å². The molecule has 0 radical (unpaired) electrons. The molecule has 2 rings (SSSR count). The van der Waals surface area contributed by atoms with E-state index < -0.39 is 0 Å². The fraction of sp³-hybridized carbons (Fsp3) is 0.571. The highest BCUT2D eigenvalue weighted by atomic mass is 32.1. The molecule has 0 aliphatic heterocycles. The summed E-state index contributed by atoms with van der Waals surface area (Å²) in [6.07, 6.45) is 2.93. The lowest BCUT2D eigenvalue weighted by Crippen LogP contribution is -2.14. The monoisotopic (exact) mass is 291 g/mol. The molecule has 0 fully saturated rings. The van der Waals surface area contributed by atoms with E-state index in [1.807, 2.05) is 6.92 Å². The topological polar surface area (TPSA) is 63.6 Å². The van der Waals surface area contributed by atoms with Gasteiger partial charge < -0.3 is 5.32 Å². The summed E-state index contributed by atoms with van der Waals surface area (Å²) in [5, 5.41) is 22.3. The van der Waals surface area contributed by atoms with Crippen LogP contribution in [0.3, 0.4) is 0 Å². The maximum Gasteiger partial charge on any atom is 0.149 e. The molecule has 0 aliphatic rings. The summed E-state index contributed by atoms with van der Waals surface area (Å²) >= 11 is 1.66. The Morgan fingerprint density at radius 2 is 2.00 bits per heavy atom. The van der Waals surface area contributed by atoms with Gasteiger partial charge in [-0.3, -0.25) is 0 Å². The van der Waals surface area contributed by atoms with Crippen molar-refractivity contribution in [2.24, 2.45) is 0 Å². The first kappa shape index (κ1) is 15.0. The van der Waals surface area contributed by atoms with Crippen molar-refractivity contribution >= 4 is 11.3 Å². The van der Waals surface area contributed by atoms with Gasteiger partial charge in [0.25, 0.3) is 0 Å². The summed E-state index contributed by atoms with van der Waals surface area (Å²) < 4.78 is 0. The van der Waals surface area contributed by atoms with Gasteiger partial charge in [-0.15, -0.1) is 10.2 Å². The van der Waals surface area contributed by atoms with Crippen molar-refractivity contribution in [1.29, 1.82) is 0 Å². The first-order valence-electron chi connectivity index (χ1n) is 7.11. The third kappa shape index (κ3) is 3.80. The van der Waals surface area contributed by atoms with Crippen molar-refractivity contribution in [2.75, 3.05) is 13.1 Å². The Bertz CT molecular complexity index is 552. The van der Waals surface area contributed by atoms with E-state index in [1.165, 1.54) is 0 Å². The summed E-state index contributed by atoms with van der Waals surface area (Å²) in [4.78, 5) is 0. The van der Waals surface area contributed by atoms with Crippen molar-refractivity contribution in [3.05, 3.63) is 22.5 Å². The fourth-order valence-electron chi connectivity index (χ4n) is 1.97. The summed E-state index contributed by atoms with van der Waals surface area (Å²) in [6.45, 7) is 8.20. The molecule has 20 heavy (non-hydrogen) atoms. The van der Waals surface area contributed by atoms with Gasteiger partial charge in [0.05, 0.1) is 11.4 Å². The van der Waals surface area contributed by atoms with Gasteiger partial charge in [0.2, 0.25) is 0 Å². The number of rotatable bonds is 7. The summed E-state index contributed by atoms with van der Waals surface area (Å²) in [5.74, 6) is 0. The van der Waals surface area contributed by atoms with Crippen LogP contribution in [0, 0.1) is 6.92 Å². The molecule has 0 saturated heterocycles. The van der Waals surface area contributed by atoms with E-state index in [0.717, 1.165) is 59.3 Å². The largest absolute Gasteiger partial charge is 0.317 e. The minimum Gasteiger partial charge on any atom is -0.317 e. The van der Waals surface area contributed by atoms with Gasteiger partial charge in [0.1, 0.15) is 10.0 Å². The minimum atomic E-state index is 0.859. The average Bonchev–Trinajstić information content (AvgIpc) is 2.92. The summed E-state index contributed by atoms with van der Waals surface area (Å²) in [6, 6.07) is 2.05. The number of hydrogen-bond donors (Lipinski definition) is 1. The Labute approximate surface area is 123 Å². The molecule has 0 saturated carbocycles. The molecule has 0 atom stereocenters. The molecule has 2 aromatic rings. The van der Waals surface area contributed by atoms with E-state index in [2.05, 4.69) is 45.6 Å². The zero-order chi connectivity index (χ0) is 14.4. The molecule has 0 spiro atoms. The van der Waals surface area contributed by atoms with Crippen molar-refractivity contribution in [1.82, 2.24) is 25.7 Å². The van der Waals surface area contributed by atoms with E-state index in [4.69, 9.17) is 0 Å². The normalized spacial score (nSPS) is 10.9. The van der Waals surface area contributed by atoms with Crippen LogP contribution in [-0.2, 0) is 12.8 Å². The molecule has 0 amide bonds. The van der Waals surface area contributed by atoms with Crippen molar-refractivity contribution < 1.29 is 0 Å². The minimum absolute atomic E-state index is 0.859. The smallest absolute Gasteiger partial charge is 0.149 e. The zero-order valence-corrected chi connectivity index (χ0v) is 13.1. The lowest BCUT2D eigenvalue weighted by molar-refractivity contribution is 0.669. The van der Waals surface area contributed by atoms with E-state index in [9.17, 15) is 0 Å². The molecule has 2 aromatic heterocycles. The Hall–Kier alpha value is -1.40.